The van der Waals surface area contributed by atoms with Gasteiger partial charge in [-0.05, 0) is 46.5 Å². The van der Waals surface area contributed by atoms with Gasteiger partial charge in [0.1, 0.15) is 5.82 Å². The van der Waals surface area contributed by atoms with Gasteiger partial charge in [-0.3, -0.25) is 0 Å². The molecule has 0 N–H and O–H groups in total. The van der Waals surface area contributed by atoms with Crippen LogP contribution in [0.25, 0.3) is 33.0 Å². The van der Waals surface area contributed by atoms with Gasteiger partial charge in [0.05, 0.1) is 0 Å². The summed E-state index contributed by atoms with van der Waals surface area (Å²) >= 11 is 0. The highest BCUT2D eigenvalue weighted by Gasteiger charge is 2.10. The minimum atomic E-state index is -0.153. The minimum Gasteiger partial charge on any atom is -0.206 e. The topological polar surface area (TPSA) is 0 Å². The molecule has 0 aromatic heterocycles. The van der Waals surface area contributed by atoms with Crippen LogP contribution >= 0.6 is 0 Å². The van der Waals surface area contributed by atoms with E-state index in [-0.39, 0.29) is 5.82 Å². The predicted octanol–water partition coefficient (Wildman–Crippen LogP) is 7.66. The summed E-state index contributed by atoms with van der Waals surface area (Å²) in [4.78, 5) is 0. The number of benzene rings is 4. The fourth-order valence-corrected chi connectivity index (χ4v) is 3.56. The molecule has 0 spiro atoms. The molecule has 134 valence electrons. The van der Waals surface area contributed by atoms with Gasteiger partial charge in [-0.2, -0.15) is 0 Å². The number of hydrogen-bond donors (Lipinski definition) is 0. The molecular weight excluding hydrogens is 331 g/mol. The summed E-state index contributed by atoms with van der Waals surface area (Å²) in [6.07, 6.45) is 3.56. The molecule has 0 aliphatic carbocycles. The molecule has 0 amide bonds. The second kappa shape index (κ2) is 7.75. The molecule has 0 aliphatic rings. The lowest BCUT2D eigenvalue weighted by atomic mass is 9.96. The lowest BCUT2D eigenvalue weighted by Gasteiger charge is -2.09. The van der Waals surface area contributed by atoms with Crippen LogP contribution in [0.2, 0.25) is 0 Å². The standard InChI is InChI=1S/C26H23F/c1-2-3-7-19-10-12-20(13-11-19)22-14-16-25-23(18-22)15-17-24(26(25)27)21-8-5-4-6-9-21/h4-6,8-18H,2-3,7H2,1H3. The zero-order valence-corrected chi connectivity index (χ0v) is 15.6. The van der Waals surface area contributed by atoms with E-state index < -0.39 is 0 Å². The highest BCUT2D eigenvalue weighted by molar-refractivity contribution is 5.91. The van der Waals surface area contributed by atoms with Gasteiger partial charge in [-0.15, -0.1) is 0 Å². The van der Waals surface area contributed by atoms with E-state index in [0.717, 1.165) is 22.9 Å². The van der Waals surface area contributed by atoms with E-state index in [9.17, 15) is 0 Å². The molecule has 0 aliphatic heterocycles. The molecule has 4 rings (SSSR count). The third-order valence-corrected chi connectivity index (χ3v) is 5.15. The maximum atomic E-state index is 15.1. The van der Waals surface area contributed by atoms with Crippen LogP contribution in [0.4, 0.5) is 4.39 Å². The SMILES string of the molecule is CCCCc1ccc(-c2ccc3c(F)c(-c4ccccc4)ccc3c2)cc1. The number of hydrogen-bond acceptors (Lipinski definition) is 0. The summed E-state index contributed by atoms with van der Waals surface area (Å²) < 4.78 is 15.1. The maximum absolute atomic E-state index is 15.1. The second-order valence-electron chi connectivity index (χ2n) is 7.03. The molecule has 4 aromatic carbocycles. The molecule has 27 heavy (non-hydrogen) atoms. The van der Waals surface area contributed by atoms with E-state index in [1.54, 1.807) is 0 Å². The zero-order chi connectivity index (χ0) is 18.6. The first kappa shape index (κ1) is 17.5. The number of halogens is 1. The Morgan fingerprint density at radius 1 is 0.704 bits per heavy atom. The van der Waals surface area contributed by atoms with Crippen LogP contribution in [0.5, 0.6) is 0 Å². The van der Waals surface area contributed by atoms with Crippen LogP contribution in [0.3, 0.4) is 0 Å². The Morgan fingerprint density at radius 3 is 2.19 bits per heavy atom. The summed E-state index contributed by atoms with van der Waals surface area (Å²) in [5.41, 5.74) is 5.22. The fourth-order valence-electron chi connectivity index (χ4n) is 3.56. The summed E-state index contributed by atoms with van der Waals surface area (Å²) in [7, 11) is 0. The molecular formula is C26H23F. The lowest BCUT2D eigenvalue weighted by molar-refractivity contribution is 0.643. The third-order valence-electron chi connectivity index (χ3n) is 5.15. The summed E-state index contributed by atoms with van der Waals surface area (Å²) in [6, 6.07) is 28.3. The van der Waals surface area contributed by atoms with Gasteiger partial charge < -0.3 is 0 Å². The Labute approximate surface area is 160 Å². The fraction of sp³-hybridized carbons (Fsp3) is 0.154. The number of rotatable bonds is 5. The van der Waals surface area contributed by atoms with E-state index in [4.69, 9.17) is 0 Å². The molecule has 4 aromatic rings. The summed E-state index contributed by atoms with van der Waals surface area (Å²) in [6.45, 7) is 2.21. The van der Waals surface area contributed by atoms with Crippen molar-refractivity contribution in [1.29, 1.82) is 0 Å². The summed E-state index contributed by atoms with van der Waals surface area (Å²) in [5, 5.41) is 1.60. The first-order chi connectivity index (χ1) is 13.3. The molecule has 0 saturated carbocycles. The first-order valence-corrected chi connectivity index (χ1v) is 9.63. The van der Waals surface area contributed by atoms with E-state index in [2.05, 4.69) is 37.3 Å². The van der Waals surface area contributed by atoms with Crippen molar-refractivity contribution < 1.29 is 4.39 Å². The number of aryl methyl sites for hydroxylation is 1. The molecule has 1 heteroatoms. The Balaban J connectivity index is 1.69. The van der Waals surface area contributed by atoms with Gasteiger partial charge in [0.2, 0.25) is 0 Å². The first-order valence-electron chi connectivity index (χ1n) is 9.63. The third kappa shape index (κ3) is 3.64. The summed E-state index contributed by atoms with van der Waals surface area (Å²) in [5.74, 6) is -0.153. The van der Waals surface area contributed by atoms with Crippen molar-refractivity contribution in [2.75, 3.05) is 0 Å². The van der Waals surface area contributed by atoms with Crippen molar-refractivity contribution in [3.8, 4) is 22.3 Å². The van der Waals surface area contributed by atoms with Crippen LogP contribution in [-0.2, 0) is 6.42 Å². The van der Waals surface area contributed by atoms with Gasteiger partial charge in [-0.25, -0.2) is 4.39 Å². The van der Waals surface area contributed by atoms with Crippen LogP contribution in [0.1, 0.15) is 25.3 Å². The number of unbranched alkanes of at least 4 members (excludes halogenated alkanes) is 1. The highest BCUT2D eigenvalue weighted by Crippen LogP contribution is 2.31. The molecule has 0 fully saturated rings. The van der Waals surface area contributed by atoms with Gasteiger partial charge in [0.25, 0.3) is 0 Å². The molecule has 0 unspecified atom stereocenters. The second-order valence-corrected chi connectivity index (χ2v) is 7.03. The zero-order valence-electron chi connectivity index (χ0n) is 15.6. The molecule has 0 nitrogen and oxygen atoms in total. The Bertz CT molecular complexity index is 1050. The Kier molecular flexibility index (Phi) is 5.02. The van der Waals surface area contributed by atoms with Crippen LogP contribution in [-0.4, -0.2) is 0 Å². The van der Waals surface area contributed by atoms with Crippen molar-refractivity contribution in [1.82, 2.24) is 0 Å². The van der Waals surface area contributed by atoms with Crippen molar-refractivity contribution in [3.05, 3.63) is 96.3 Å². The predicted molar refractivity (Wildman–Crippen MR) is 113 cm³/mol. The van der Waals surface area contributed by atoms with Gasteiger partial charge in [0.15, 0.2) is 0 Å². The number of fused-ring (bicyclic) bond motifs is 1. The highest BCUT2D eigenvalue weighted by atomic mass is 19.1. The van der Waals surface area contributed by atoms with Gasteiger partial charge >= 0.3 is 0 Å². The Morgan fingerprint density at radius 2 is 1.44 bits per heavy atom. The van der Waals surface area contributed by atoms with Crippen molar-refractivity contribution >= 4 is 10.8 Å². The van der Waals surface area contributed by atoms with E-state index in [1.807, 2.05) is 54.6 Å². The van der Waals surface area contributed by atoms with Crippen molar-refractivity contribution in [2.24, 2.45) is 0 Å². The average molecular weight is 354 g/mol. The van der Waals surface area contributed by atoms with E-state index in [1.165, 1.54) is 24.0 Å². The molecule has 0 saturated heterocycles. The van der Waals surface area contributed by atoms with Gasteiger partial charge in [-0.1, -0.05) is 92.2 Å². The molecule has 0 heterocycles. The largest absolute Gasteiger partial charge is 0.206 e. The smallest absolute Gasteiger partial charge is 0.138 e. The van der Waals surface area contributed by atoms with E-state index in [0.29, 0.717) is 10.9 Å². The lowest BCUT2D eigenvalue weighted by Crippen LogP contribution is -1.88. The van der Waals surface area contributed by atoms with Gasteiger partial charge in [0, 0.05) is 10.9 Å². The average Bonchev–Trinajstić information content (AvgIpc) is 2.73. The minimum absolute atomic E-state index is 0.153. The molecule has 0 bridgehead atoms. The normalized spacial score (nSPS) is 11.0. The molecule has 0 atom stereocenters. The van der Waals surface area contributed by atoms with E-state index >= 15 is 4.39 Å². The monoisotopic (exact) mass is 354 g/mol. The Hall–Kier alpha value is -2.93. The van der Waals surface area contributed by atoms with Crippen molar-refractivity contribution in [3.63, 3.8) is 0 Å². The van der Waals surface area contributed by atoms with Crippen LogP contribution in [0.15, 0.2) is 84.9 Å². The van der Waals surface area contributed by atoms with Crippen LogP contribution < -0.4 is 0 Å². The quantitative estimate of drug-likeness (QED) is 0.345. The maximum Gasteiger partial charge on any atom is 0.138 e. The van der Waals surface area contributed by atoms with Crippen molar-refractivity contribution in [2.45, 2.75) is 26.2 Å². The molecule has 0 radical (unpaired) electrons. The van der Waals surface area contributed by atoms with Crippen LogP contribution in [0, 0.1) is 5.82 Å².